The summed E-state index contributed by atoms with van der Waals surface area (Å²) in [6.45, 7) is 2.68. The third kappa shape index (κ3) is 1.25. The van der Waals surface area contributed by atoms with Gasteiger partial charge in [-0.2, -0.15) is 0 Å². The fourth-order valence-corrected chi connectivity index (χ4v) is 4.27. The molecular weight excluding hydrogens is 170 g/mol. The van der Waals surface area contributed by atoms with E-state index in [1.54, 1.807) is 0 Å². The van der Waals surface area contributed by atoms with Crippen LogP contribution in [-0.2, 0) is 0 Å². The van der Waals surface area contributed by atoms with Crippen molar-refractivity contribution in [3.8, 4) is 0 Å². The summed E-state index contributed by atoms with van der Waals surface area (Å²) in [6.07, 6.45) is 12.2. The molecule has 1 heteroatoms. The highest BCUT2D eigenvalue weighted by Gasteiger charge is 2.53. The second kappa shape index (κ2) is 3.52. The number of nitrogens with one attached hydrogen (secondary N) is 1. The van der Waals surface area contributed by atoms with E-state index in [1.807, 2.05) is 0 Å². The third-order valence-electron chi connectivity index (χ3n) is 5.28. The van der Waals surface area contributed by atoms with E-state index >= 15 is 0 Å². The topological polar surface area (TPSA) is 12.0 Å². The molecule has 0 spiro atoms. The van der Waals surface area contributed by atoms with E-state index in [-0.39, 0.29) is 0 Å². The zero-order valence-corrected chi connectivity index (χ0v) is 9.23. The van der Waals surface area contributed by atoms with Crippen LogP contribution in [0.1, 0.15) is 51.4 Å². The normalized spacial score (nSPS) is 44.1. The zero-order chi connectivity index (χ0) is 9.43. The minimum absolute atomic E-state index is 0.782. The van der Waals surface area contributed by atoms with Crippen LogP contribution in [0.5, 0.6) is 0 Å². The van der Waals surface area contributed by atoms with Gasteiger partial charge in [-0.25, -0.2) is 0 Å². The smallest absolute Gasteiger partial charge is 0.00137 e. The van der Waals surface area contributed by atoms with E-state index in [0.29, 0.717) is 0 Å². The Kier molecular flexibility index (Phi) is 2.31. The summed E-state index contributed by atoms with van der Waals surface area (Å²) in [4.78, 5) is 0. The first kappa shape index (κ1) is 9.21. The molecule has 0 aromatic rings. The third-order valence-corrected chi connectivity index (χ3v) is 5.28. The van der Waals surface area contributed by atoms with E-state index in [0.717, 1.165) is 17.3 Å². The van der Waals surface area contributed by atoms with Crippen molar-refractivity contribution in [3.63, 3.8) is 0 Å². The molecule has 2 saturated carbocycles. The van der Waals surface area contributed by atoms with E-state index < -0.39 is 0 Å². The van der Waals surface area contributed by atoms with Gasteiger partial charge in [0.2, 0.25) is 0 Å². The number of rotatable bonds is 1. The average molecular weight is 193 g/mol. The van der Waals surface area contributed by atoms with Crippen LogP contribution in [0.25, 0.3) is 0 Å². The molecular formula is C13H23N. The molecule has 0 radical (unpaired) electrons. The highest BCUT2D eigenvalue weighted by Crippen LogP contribution is 2.57. The molecule has 0 amide bonds. The fourth-order valence-electron chi connectivity index (χ4n) is 4.27. The fraction of sp³-hybridized carbons (Fsp3) is 1.00. The molecule has 14 heavy (non-hydrogen) atoms. The lowest BCUT2D eigenvalue weighted by Crippen LogP contribution is -2.45. The molecule has 1 aliphatic heterocycles. The van der Waals surface area contributed by atoms with Crippen LogP contribution in [0.15, 0.2) is 0 Å². The lowest BCUT2D eigenvalue weighted by Gasteiger charge is -2.50. The monoisotopic (exact) mass is 193 g/mol. The van der Waals surface area contributed by atoms with Gasteiger partial charge in [-0.15, -0.1) is 0 Å². The molecule has 1 heterocycles. The van der Waals surface area contributed by atoms with Gasteiger partial charge in [-0.05, 0) is 49.5 Å². The Labute approximate surface area is 87.7 Å². The minimum Gasteiger partial charge on any atom is -0.316 e. The summed E-state index contributed by atoms with van der Waals surface area (Å²) in [5, 5.41) is 3.64. The van der Waals surface area contributed by atoms with Crippen molar-refractivity contribution in [2.24, 2.45) is 17.3 Å². The SMILES string of the molecule is C1CCCC(C23CCC2CNC3)CC1. The lowest BCUT2D eigenvalue weighted by atomic mass is 9.54. The van der Waals surface area contributed by atoms with Crippen LogP contribution in [0.4, 0.5) is 0 Å². The summed E-state index contributed by atoms with van der Waals surface area (Å²) < 4.78 is 0. The Morgan fingerprint density at radius 2 is 1.64 bits per heavy atom. The van der Waals surface area contributed by atoms with Gasteiger partial charge < -0.3 is 5.32 Å². The van der Waals surface area contributed by atoms with Crippen LogP contribution >= 0.6 is 0 Å². The number of hydrogen-bond donors (Lipinski definition) is 1. The highest BCUT2D eigenvalue weighted by molar-refractivity contribution is 5.06. The van der Waals surface area contributed by atoms with Gasteiger partial charge in [0.1, 0.15) is 0 Å². The average Bonchev–Trinajstić information content (AvgIpc) is 2.45. The van der Waals surface area contributed by atoms with Gasteiger partial charge in [0, 0.05) is 6.54 Å². The predicted octanol–water partition coefficient (Wildman–Crippen LogP) is 2.96. The summed E-state index contributed by atoms with van der Waals surface area (Å²) in [5.74, 6) is 2.14. The van der Waals surface area contributed by atoms with Crippen molar-refractivity contribution >= 4 is 0 Å². The molecule has 80 valence electrons. The largest absolute Gasteiger partial charge is 0.316 e. The van der Waals surface area contributed by atoms with Crippen molar-refractivity contribution in [1.29, 1.82) is 0 Å². The van der Waals surface area contributed by atoms with Crippen LogP contribution in [-0.4, -0.2) is 13.1 Å². The molecule has 0 bridgehead atoms. The Bertz CT molecular complexity index is 205. The molecule has 3 rings (SSSR count). The minimum atomic E-state index is 0.782. The quantitative estimate of drug-likeness (QED) is 0.631. The van der Waals surface area contributed by atoms with Crippen LogP contribution in [0.3, 0.4) is 0 Å². The predicted molar refractivity (Wildman–Crippen MR) is 59.2 cm³/mol. The zero-order valence-electron chi connectivity index (χ0n) is 9.23. The summed E-state index contributed by atoms with van der Waals surface area (Å²) in [5.41, 5.74) is 0.782. The maximum atomic E-state index is 3.64. The Morgan fingerprint density at radius 3 is 2.21 bits per heavy atom. The van der Waals surface area contributed by atoms with E-state index in [1.165, 1.54) is 64.5 Å². The first-order valence-corrected chi connectivity index (χ1v) is 6.62. The van der Waals surface area contributed by atoms with E-state index in [2.05, 4.69) is 5.32 Å². The Morgan fingerprint density at radius 1 is 0.857 bits per heavy atom. The van der Waals surface area contributed by atoms with Gasteiger partial charge in [0.15, 0.2) is 0 Å². The second-order valence-electron chi connectivity index (χ2n) is 5.79. The van der Waals surface area contributed by atoms with Crippen LogP contribution in [0.2, 0.25) is 0 Å². The van der Waals surface area contributed by atoms with E-state index in [9.17, 15) is 0 Å². The van der Waals surface area contributed by atoms with Gasteiger partial charge in [-0.3, -0.25) is 0 Å². The molecule has 0 aromatic heterocycles. The standard InChI is InChI=1S/C13H23N/c1-2-4-6-11(5-3-1)13-8-7-12(13)9-14-10-13/h11-12,14H,1-10H2. The maximum absolute atomic E-state index is 3.64. The highest BCUT2D eigenvalue weighted by atomic mass is 15.0. The molecule has 1 N–H and O–H groups in total. The molecule has 3 aliphatic rings. The van der Waals surface area contributed by atoms with Gasteiger partial charge in [0.05, 0.1) is 0 Å². The Balaban J connectivity index is 1.73. The second-order valence-corrected chi connectivity index (χ2v) is 5.79. The van der Waals surface area contributed by atoms with E-state index in [4.69, 9.17) is 0 Å². The first-order valence-electron chi connectivity index (χ1n) is 6.62. The van der Waals surface area contributed by atoms with Crippen molar-refractivity contribution in [2.45, 2.75) is 51.4 Å². The van der Waals surface area contributed by atoms with Crippen molar-refractivity contribution in [1.82, 2.24) is 5.32 Å². The number of fused-ring (bicyclic) bond motifs is 1. The van der Waals surface area contributed by atoms with Crippen molar-refractivity contribution in [2.75, 3.05) is 13.1 Å². The molecule has 1 nitrogen and oxygen atoms in total. The molecule has 2 atom stereocenters. The van der Waals surface area contributed by atoms with Crippen molar-refractivity contribution in [3.05, 3.63) is 0 Å². The summed E-state index contributed by atoms with van der Waals surface area (Å²) in [7, 11) is 0. The molecule has 0 aromatic carbocycles. The van der Waals surface area contributed by atoms with Gasteiger partial charge >= 0.3 is 0 Å². The molecule has 1 saturated heterocycles. The van der Waals surface area contributed by atoms with Gasteiger partial charge in [-0.1, -0.05) is 25.7 Å². The van der Waals surface area contributed by atoms with Crippen LogP contribution in [0, 0.1) is 17.3 Å². The molecule has 2 aliphatic carbocycles. The first-order chi connectivity index (χ1) is 6.92. The molecule has 3 fully saturated rings. The maximum Gasteiger partial charge on any atom is 0.00137 e. The van der Waals surface area contributed by atoms with Crippen molar-refractivity contribution < 1.29 is 0 Å². The van der Waals surface area contributed by atoms with Gasteiger partial charge in [0.25, 0.3) is 0 Å². The van der Waals surface area contributed by atoms with Crippen LogP contribution < -0.4 is 5.32 Å². The summed E-state index contributed by atoms with van der Waals surface area (Å²) >= 11 is 0. The number of hydrogen-bond acceptors (Lipinski definition) is 1. The Hall–Kier alpha value is -0.0400. The lowest BCUT2D eigenvalue weighted by molar-refractivity contribution is 0.00600. The summed E-state index contributed by atoms with van der Waals surface area (Å²) in [6, 6.07) is 0. The molecule has 2 unspecified atom stereocenters.